The van der Waals surface area contributed by atoms with E-state index in [-0.39, 0.29) is 17.7 Å². The lowest BCUT2D eigenvalue weighted by atomic mass is 10.2. The molecule has 0 saturated heterocycles. The number of aromatic nitrogens is 1. The predicted octanol–water partition coefficient (Wildman–Crippen LogP) is 3.38. The second-order valence-electron chi connectivity index (χ2n) is 5.68. The van der Waals surface area contributed by atoms with E-state index in [0.717, 1.165) is 5.56 Å². The molecule has 6 nitrogen and oxygen atoms in total. The number of furan rings is 1. The van der Waals surface area contributed by atoms with Gasteiger partial charge in [-0.15, -0.1) is 0 Å². The molecule has 0 aliphatic carbocycles. The van der Waals surface area contributed by atoms with Crippen LogP contribution in [0.4, 0.5) is 0 Å². The molecule has 4 aromatic rings. The third-order valence-electron chi connectivity index (χ3n) is 3.91. The Kier molecular flexibility index (Phi) is 4.07. The van der Waals surface area contributed by atoms with Gasteiger partial charge in [0, 0.05) is 18.8 Å². The lowest BCUT2D eigenvalue weighted by Gasteiger charge is -2.06. The third-order valence-corrected chi connectivity index (χ3v) is 3.91. The molecule has 26 heavy (non-hydrogen) atoms. The summed E-state index contributed by atoms with van der Waals surface area (Å²) >= 11 is 0. The Balaban J connectivity index is 1.48. The van der Waals surface area contributed by atoms with Gasteiger partial charge in [0.15, 0.2) is 16.9 Å². The van der Waals surface area contributed by atoms with Crippen LogP contribution >= 0.6 is 0 Å². The summed E-state index contributed by atoms with van der Waals surface area (Å²) in [5, 5.41) is 3.17. The number of carbonyl (C=O) groups is 1. The molecule has 1 N–H and O–H groups in total. The number of nitrogens with zero attached hydrogens (tertiary/aromatic N) is 1. The summed E-state index contributed by atoms with van der Waals surface area (Å²) in [6.07, 6.45) is 3.25. The Morgan fingerprint density at radius 1 is 1.08 bits per heavy atom. The molecule has 0 aliphatic heterocycles. The van der Waals surface area contributed by atoms with Crippen molar-refractivity contribution < 1.29 is 13.6 Å². The van der Waals surface area contributed by atoms with Gasteiger partial charge in [-0.25, -0.2) is 0 Å². The average molecular weight is 346 g/mol. The molecular formula is C20H14N2O4. The van der Waals surface area contributed by atoms with Crippen LogP contribution in [0.3, 0.4) is 0 Å². The van der Waals surface area contributed by atoms with Crippen molar-refractivity contribution in [3.63, 3.8) is 0 Å². The highest BCUT2D eigenvalue weighted by Gasteiger charge is 2.12. The van der Waals surface area contributed by atoms with Crippen molar-refractivity contribution in [1.29, 1.82) is 0 Å². The zero-order valence-corrected chi connectivity index (χ0v) is 13.6. The molecule has 1 amide bonds. The predicted molar refractivity (Wildman–Crippen MR) is 95.6 cm³/mol. The van der Waals surface area contributed by atoms with Crippen molar-refractivity contribution >= 4 is 16.9 Å². The maximum Gasteiger partial charge on any atom is 0.287 e. The summed E-state index contributed by atoms with van der Waals surface area (Å²) in [5.74, 6) is 0.204. The molecule has 128 valence electrons. The van der Waals surface area contributed by atoms with E-state index in [4.69, 9.17) is 8.83 Å². The van der Waals surface area contributed by atoms with Gasteiger partial charge in [-0.2, -0.15) is 0 Å². The van der Waals surface area contributed by atoms with E-state index < -0.39 is 5.91 Å². The number of rotatable bonds is 4. The molecule has 0 aliphatic rings. The zero-order chi connectivity index (χ0) is 17.9. The molecule has 0 spiro atoms. The topological polar surface area (TPSA) is 85.3 Å². The summed E-state index contributed by atoms with van der Waals surface area (Å²) in [7, 11) is 0. The second kappa shape index (κ2) is 6.68. The lowest BCUT2D eigenvalue weighted by Crippen LogP contribution is -2.24. The molecule has 0 unspecified atom stereocenters. The van der Waals surface area contributed by atoms with Gasteiger partial charge < -0.3 is 14.2 Å². The number of nitrogens with one attached hydrogen (secondary N) is 1. The summed E-state index contributed by atoms with van der Waals surface area (Å²) in [5.41, 5.74) is 1.67. The van der Waals surface area contributed by atoms with Gasteiger partial charge in [-0.3, -0.25) is 14.6 Å². The largest absolute Gasteiger partial charge is 0.463 e. The summed E-state index contributed by atoms with van der Waals surface area (Å²) < 4.78 is 10.8. The monoisotopic (exact) mass is 346 g/mol. The molecule has 0 saturated carbocycles. The first-order chi connectivity index (χ1) is 12.7. The molecule has 3 aromatic heterocycles. The quantitative estimate of drug-likeness (QED) is 0.612. The summed E-state index contributed by atoms with van der Waals surface area (Å²) in [6.45, 7) is 0.265. The van der Waals surface area contributed by atoms with Crippen LogP contribution in [0.25, 0.3) is 22.4 Å². The van der Waals surface area contributed by atoms with E-state index in [1.165, 1.54) is 6.07 Å². The van der Waals surface area contributed by atoms with E-state index >= 15 is 0 Å². The number of hydrogen-bond donors (Lipinski definition) is 1. The smallest absolute Gasteiger partial charge is 0.287 e. The minimum absolute atomic E-state index is 0.0196. The van der Waals surface area contributed by atoms with E-state index in [1.807, 2.05) is 18.2 Å². The SMILES string of the molecule is O=C(NCc1ccc(-c2ccco2)nc1)c1cc(=O)c2ccccc2o1. The highest BCUT2D eigenvalue weighted by molar-refractivity contribution is 5.93. The Morgan fingerprint density at radius 3 is 2.73 bits per heavy atom. The number of benzene rings is 1. The van der Waals surface area contributed by atoms with Crippen molar-refractivity contribution in [2.45, 2.75) is 6.54 Å². The average Bonchev–Trinajstić information content (AvgIpc) is 3.21. The van der Waals surface area contributed by atoms with Gasteiger partial charge in [0.05, 0.1) is 11.6 Å². The number of fused-ring (bicyclic) bond motifs is 1. The van der Waals surface area contributed by atoms with Crippen molar-refractivity contribution in [1.82, 2.24) is 10.3 Å². The first-order valence-corrected chi connectivity index (χ1v) is 8.00. The molecule has 1 aromatic carbocycles. The van der Waals surface area contributed by atoms with Crippen molar-refractivity contribution in [2.24, 2.45) is 0 Å². The van der Waals surface area contributed by atoms with Crippen LogP contribution in [-0.4, -0.2) is 10.9 Å². The Labute approximate surface area is 148 Å². The van der Waals surface area contributed by atoms with Crippen molar-refractivity contribution in [3.8, 4) is 11.5 Å². The fourth-order valence-electron chi connectivity index (χ4n) is 2.58. The number of hydrogen-bond acceptors (Lipinski definition) is 5. The fourth-order valence-corrected chi connectivity index (χ4v) is 2.58. The van der Waals surface area contributed by atoms with Gasteiger partial charge in [0.25, 0.3) is 5.91 Å². The van der Waals surface area contributed by atoms with Gasteiger partial charge in [0.2, 0.25) is 0 Å². The van der Waals surface area contributed by atoms with Crippen molar-refractivity contribution in [2.75, 3.05) is 0 Å². The summed E-state index contributed by atoms with van der Waals surface area (Å²) in [6, 6.07) is 15.3. The maximum absolute atomic E-state index is 12.3. The number of para-hydroxylation sites is 1. The highest BCUT2D eigenvalue weighted by Crippen LogP contribution is 2.17. The molecule has 6 heteroatoms. The van der Waals surface area contributed by atoms with Crippen molar-refractivity contribution in [3.05, 3.63) is 88.6 Å². The molecule has 0 bridgehead atoms. The Hall–Kier alpha value is -3.67. The number of pyridine rings is 1. The van der Waals surface area contributed by atoms with Crippen LogP contribution in [0, 0.1) is 0 Å². The Morgan fingerprint density at radius 2 is 1.96 bits per heavy atom. The Bertz CT molecular complexity index is 1110. The van der Waals surface area contributed by atoms with Crippen LogP contribution in [0.5, 0.6) is 0 Å². The number of amides is 1. The highest BCUT2D eigenvalue weighted by atomic mass is 16.3. The lowest BCUT2D eigenvalue weighted by molar-refractivity contribution is 0.0923. The molecule has 3 heterocycles. The maximum atomic E-state index is 12.3. The third kappa shape index (κ3) is 3.12. The first-order valence-electron chi connectivity index (χ1n) is 8.00. The first kappa shape index (κ1) is 15.8. The standard InChI is InChI=1S/C20H14N2O4/c23-16-10-19(26-17-5-2-1-4-14(16)17)20(24)22-12-13-7-8-15(21-11-13)18-6-3-9-25-18/h1-11H,12H2,(H,22,24). The van der Waals surface area contributed by atoms with Gasteiger partial charge in [0.1, 0.15) is 11.3 Å². The molecular weight excluding hydrogens is 332 g/mol. The minimum Gasteiger partial charge on any atom is -0.463 e. The van der Waals surface area contributed by atoms with E-state index in [0.29, 0.717) is 22.4 Å². The van der Waals surface area contributed by atoms with E-state index in [1.54, 1.807) is 42.8 Å². The van der Waals surface area contributed by atoms with Crippen LogP contribution < -0.4 is 10.7 Å². The van der Waals surface area contributed by atoms with Crippen LogP contribution in [0.1, 0.15) is 16.1 Å². The van der Waals surface area contributed by atoms with Gasteiger partial charge >= 0.3 is 0 Å². The van der Waals surface area contributed by atoms with E-state index in [9.17, 15) is 9.59 Å². The minimum atomic E-state index is -0.456. The zero-order valence-electron chi connectivity index (χ0n) is 13.6. The van der Waals surface area contributed by atoms with Gasteiger partial charge in [-0.05, 0) is 35.9 Å². The summed E-state index contributed by atoms with van der Waals surface area (Å²) in [4.78, 5) is 28.7. The molecule has 4 rings (SSSR count). The molecule has 0 radical (unpaired) electrons. The second-order valence-corrected chi connectivity index (χ2v) is 5.68. The normalized spacial score (nSPS) is 10.8. The molecule has 0 fully saturated rings. The van der Waals surface area contributed by atoms with Crippen LogP contribution in [0.15, 0.2) is 80.7 Å². The fraction of sp³-hybridized carbons (Fsp3) is 0.0500. The van der Waals surface area contributed by atoms with Gasteiger partial charge in [-0.1, -0.05) is 18.2 Å². The van der Waals surface area contributed by atoms with E-state index in [2.05, 4.69) is 10.3 Å². The van der Waals surface area contributed by atoms with Crippen LogP contribution in [0.2, 0.25) is 0 Å². The number of carbonyl (C=O) groups excluding carboxylic acids is 1. The molecule has 0 atom stereocenters. The van der Waals surface area contributed by atoms with Crippen LogP contribution in [-0.2, 0) is 6.54 Å².